The third kappa shape index (κ3) is 4.80. The van der Waals surface area contributed by atoms with Crippen molar-refractivity contribution in [3.8, 4) is 11.5 Å². The van der Waals surface area contributed by atoms with Crippen LogP contribution in [-0.2, 0) is 17.8 Å². The molecule has 0 radical (unpaired) electrons. The Morgan fingerprint density at radius 3 is 2.65 bits per heavy atom. The SMILES string of the molecule is CCCCCc1cc(O)c(C2C=C(C)CCC2)c(O)c1CN(C)C(C)=O. The van der Waals surface area contributed by atoms with E-state index in [4.69, 9.17) is 0 Å². The number of hydrogen-bond donors (Lipinski definition) is 2. The number of carbonyl (C=O) groups is 1. The van der Waals surface area contributed by atoms with Crippen molar-refractivity contribution in [2.75, 3.05) is 7.05 Å². The lowest BCUT2D eigenvalue weighted by Gasteiger charge is -2.26. The first-order valence-electron chi connectivity index (χ1n) is 9.80. The van der Waals surface area contributed by atoms with Crippen LogP contribution >= 0.6 is 0 Å². The van der Waals surface area contributed by atoms with Gasteiger partial charge in [-0.15, -0.1) is 0 Å². The monoisotopic (exact) mass is 359 g/mol. The van der Waals surface area contributed by atoms with E-state index < -0.39 is 0 Å². The molecule has 2 N–H and O–H groups in total. The van der Waals surface area contributed by atoms with Crippen LogP contribution in [0.2, 0.25) is 0 Å². The number of rotatable bonds is 7. The highest BCUT2D eigenvalue weighted by molar-refractivity contribution is 5.73. The highest BCUT2D eigenvalue weighted by Gasteiger charge is 2.25. The molecular formula is C22H33NO3. The molecule has 1 aliphatic carbocycles. The summed E-state index contributed by atoms with van der Waals surface area (Å²) in [5.41, 5.74) is 3.65. The Morgan fingerprint density at radius 2 is 2.04 bits per heavy atom. The summed E-state index contributed by atoms with van der Waals surface area (Å²) in [6.45, 7) is 6.15. The lowest BCUT2D eigenvalue weighted by molar-refractivity contribution is -0.128. The van der Waals surface area contributed by atoms with Crippen LogP contribution in [0, 0.1) is 0 Å². The minimum atomic E-state index is -0.0352. The standard InChI is InChI=1S/C22H33NO3/c1-5-6-7-10-17-13-20(25)21(18-11-8-9-15(2)12-18)22(26)19(17)14-23(4)16(3)24/h12-13,18,25-26H,5-11,14H2,1-4H3. The Kier molecular flexibility index (Phi) is 7.13. The first-order valence-corrected chi connectivity index (χ1v) is 9.80. The second kappa shape index (κ2) is 9.11. The Bertz CT molecular complexity index is 678. The minimum Gasteiger partial charge on any atom is -0.507 e. The lowest BCUT2D eigenvalue weighted by atomic mass is 9.83. The third-order valence-electron chi connectivity index (χ3n) is 5.44. The summed E-state index contributed by atoms with van der Waals surface area (Å²) in [5.74, 6) is 0.349. The van der Waals surface area contributed by atoms with E-state index in [1.54, 1.807) is 11.9 Å². The van der Waals surface area contributed by atoms with Gasteiger partial charge in [-0.3, -0.25) is 4.79 Å². The molecule has 0 fully saturated rings. The van der Waals surface area contributed by atoms with E-state index in [0.29, 0.717) is 12.1 Å². The van der Waals surface area contributed by atoms with E-state index in [1.807, 2.05) is 6.07 Å². The second-order valence-corrected chi connectivity index (χ2v) is 7.64. The van der Waals surface area contributed by atoms with Crippen LogP contribution in [0.5, 0.6) is 11.5 Å². The molecule has 0 aromatic heterocycles. The lowest BCUT2D eigenvalue weighted by Crippen LogP contribution is -2.24. The topological polar surface area (TPSA) is 60.8 Å². The molecule has 0 aliphatic heterocycles. The number of allylic oxidation sites excluding steroid dienone is 2. The van der Waals surface area contributed by atoms with E-state index in [9.17, 15) is 15.0 Å². The van der Waals surface area contributed by atoms with Gasteiger partial charge in [-0.1, -0.05) is 31.4 Å². The van der Waals surface area contributed by atoms with Gasteiger partial charge in [0.2, 0.25) is 5.91 Å². The van der Waals surface area contributed by atoms with Gasteiger partial charge < -0.3 is 15.1 Å². The van der Waals surface area contributed by atoms with Gasteiger partial charge in [-0.25, -0.2) is 0 Å². The number of aryl methyl sites for hydroxylation is 1. The Labute approximate surface area is 157 Å². The quantitative estimate of drug-likeness (QED) is 0.531. The summed E-state index contributed by atoms with van der Waals surface area (Å²) in [5, 5.41) is 21.7. The summed E-state index contributed by atoms with van der Waals surface area (Å²) >= 11 is 0. The van der Waals surface area contributed by atoms with Gasteiger partial charge in [0.05, 0.1) is 0 Å². The Balaban J connectivity index is 2.46. The first-order chi connectivity index (χ1) is 12.3. The summed E-state index contributed by atoms with van der Waals surface area (Å²) in [7, 11) is 1.74. The van der Waals surface area contributed by atoms with Crippen LogP contribution in [0.4, 0.5) is 0 Å². The molecule has 1 aromatic rings. The van der Waals surface area contributed by atoms with Crippen LogP contribution in [-0.4, -0.2) is 28.1 Å². The average Bonchev–Trinajstić information content (AvgIpc) is 2.58. The van der Waals surface area contributed by atoms with Crippen molar-refractivity contribution >= 4 is 5.91 Å². The molecule has 144 valence electrons. The number of nitrogens with zero attached hydrogens (tertiary/aromatic N) is 1. The molecular weight excluding hydrogens is 326 g/mol. The zero-order valence-corrected chi connectivity index (χ0v) is 16.6. The molecule has 0 saturated heterocycles. The van der Waals surface area contributed by atoms with Gasteiger partial charge in [0, 0.05) is 37.6 Å². The summed E-state index contributed by atoms with van der Waals surface area (Å²) in [4.78, 5) is 13.3. The third-order valence-corrected chi connectivity index (χ3v) is 5.44. The van der Waals surface area contributed by atoms with Gasteiger partial charge in [-0.2, -0.15) is 0 Å². The summed E-state index contributed by atoms with van der Waals surface area (Å²) in [6, 6.07) is 1.81. The minimum absolute atomic E-state index is 0.0352. The molecule has 1 atom stereocenters. The molecule has 0 bridgehead atoms. The van der Waals surface area contributed by atoms with Crippen molar-refractivity contribution in [2.24, 2.45) is 0 Å². The zero-order chi connectivity index (χ0) is 19.3. The van der Waals surface area contributed by atoms with Crippen LogP contribution in [0.15, 0.2) is 17.7 Å². The smallest absolute Gasteiger partial charge is 0.219 e. The molecule has 4 nitrogen and oxygen atoms in total. The number of phenols is 2. The van der Waals surface area contributed by atoms with E-state index in [2.05, 4.69) is 19.9 Å². The number of benzene rings is 1. The molecule has 1 aliphatic rings. The second-order valence-electron chi connectivity index (χ2n) is 7.64. The number of hydrogen-bond acceptors (Lipinski definition) is 3. The molecule has 4 heteroatoms. The van der Waals surface area contributed by atoms with E-state index in [1.165, 1.54) is 12.5 Å². The molecule has 0 spiro atoms. The van der Waals surface area contributed by atoms with E-state index in [-0.39, 0.29) is 23.3 Å². The maximum Gasteiger partial charge on any atom is 0.219 e. The number of carbonyl (C=O) groups excluding carboxylic acids is 1. The Morgan fingerprint density at radius 1 is 1.31 bits per heavy atom. The van der Waals surface area contributed by atoms with E-state index in [0.717, 1.165) is 56.1 Å². The maximum atomic E-state index is 11.7. The fraction of sp³-hybridized carbons (Fsp3) is 0.591. The van der Waals surface area contributed by atoms with Crippen molar-refractivity contribution in [2.45, 2.75) is 78.2 Å². The highest BCUT2D eigenvalue weighted by Crippen LogP contribution is 2.44. The molecule has 2 rings (SSSR count). The van der Waals surface area contributed by atoms with Crippen molar-refractivity contribution in [1.82, 2.24) is 4.90 Å². The normalized spacial score (nSPS) is 17.1. The van der Waals surface area contributed by atoms with Crippen LogP contribution in [0.3, 0.4) is 0 Å². The first kappa shape index (κ1) is 20.3. The molecule has 0 saturated carbocycles. The molecule has 1 unspecified atom stereocenters. The van der Waals surface area contributed by atoms with Crippen molar-refractivity contribution in [3.63, 3.8) is 0 Å². The molecule has 1 amide bonds. The van der Waals surface area contributed by atoms with Gasteiger partial charge in [0.15, 0.2) is 0 Å². The fourth-order valence-electron chi connectivity index (χ4n) is 3.78. The predicted molar refractivity (Wildman–Crippen MR) is 105 cm³/mol. The fourth-order valence-corrected chi connectivity index (χ4v) is 3.78. The zero-order valence-electron chi connectivity index (χ0n) is 16.6. The van der Waals surface area contributed by atoms with Crippen LogP contribution in [0.1, 0.15) is 81.9 Å². The number of phenolic OH excluding ortho intramolecular Hbond substituents is 2. The van der Waals surface area contributed by atoms with Crippen molar-refractivity contribution in [3.05, 3.63) is 34.4 Å². The van der Waals surface area contributed by atoms with Crippen LogP contribution in [0.25, 0.3) is 0 Å². The van der Waals surface area contributed by atoms with Gasteiger partial charge in [0.25, 0.3) is 0 Å². The molecule has 1 aromatic carbocycles. The molecule has 0 heterocycles. The molecule has 26 heavy (non-hydrogen) atoms. The van der Waals surface area contributed by atoms with Crippen LogP contribution < -0.4 is 0 Å². The number of unbranched alkanes of at least 4 members (excludes halogenated alkanes) is 2. The summed E-state index contributed by atoms with van der Waals surface area (Å²) in [6.07, 6.45) is 9.26. The number of aromatic hydroxyl groups is 2. The van der Waals surface area contributed by atoms with Gasteiger partial charge >= 0.3 is 0 Å². The van der Waals surface area contributed by atoms with Crippen molar-refractivity contribution in [1.29, 1.82) is 0 Å². The van der Waals surface area contributed by atoms with Gasteiger partial charge in [-0.05, 0) is 50.7 Å². The maximum absolute atomic E-state index is 11.7. The highest BCUT2D eigenvalue weighted by atomic mass is 16.3. The van der Waals surface area contributed by atoms with Crippen molar-refractivity contribution < 1.29 is 15.0 Å². The van der Waals surface area contributed by atoms with E-state index >= 15 is 0 Å². The largest absolute Gasteiger partial charge is 0.507 e. The van der Waals surface area contributed by atoms with Gasteiger partial charge in [0.1, 0.15) is 11.5 Å². The predicted octanol–water partition coefficient (Wildman–Crippen LogP) is 5.02. The summed E-state index contributed by atoms with van der Waals surface area (Å²) < 4.78 is 0. The average molecular weight is 360 g/mol. The Hall–Kier alpha value is -1.97. The number of amides is 1.